The molecule has 0 amide bonds. The molecule has 0 aliphatic carbocycles. The first-order valence-corrected chi connectivity index (χ1v) is 11.2. The first-order valence-electron chi connectivity index (χ1n) is 7.05. The van der Waals surface area contributed by atoms with E-state index in [-0.39, 0.29) is 10.8 Å². The number of hydrogen-bond donors (Lipinski definition) is 1. The highest BCUT2D eigenvalue weighted by Gasteiger charge is 2.19. The quantitative estimate of drug-likeness (QED) is 0.746. The Morgan fingerprint density at radius 3 is 2.32 bits per heavy atom. The molecule has 1 heterocycles. The van der Waals surface area contributed by atoms with Crippen LogP contribution in [-0.2, 0) is 26.6 Å². The lowest BCUT2D eigenvalue weighted by Crippen LogP contribution is -2.21. The predicted molar refractivity (Wildman–Crippen MR) is 101 cm³/mol. The summed E-state index contributed by atoms with van der Waals surface area (Å²) in [5.41, 5.74) is 0.699. The van der Waals surface area contributed by atoms with Crippen molar-refractivity contribution in [3.05, 3.63) is 57.3 Å². The molecule has 1 aromatic carbocycles. The summed E-state index contributed by atoms with van der Waals surface area (Å²) in [5.74, 6) is 0. The number of halogens is 1. The lowest BCUT2D eigenvalue weighted by atomic mass is 10.2. The van der Waals surface area contributed by atoms with Gasteiger partial charge in [-0.05, 0) is 35.9 Å². The van der Waals surface area contributed by atoms with Gasteiger partial charge in [0.05, 0.1) is 0 Å². The van der Waals surface area contributed by atoms with Gasteiger partial charge < -0.3 is 0 Å². The Morgan fingerprint density at radius 1 is 1.08 bits per heavy atom. The standard InChI is InChI=1S/C15H17ClN2O4S3/c1-18(2)25(21,22)15-8-7-14(23-15)11-17-24(19,20)10-9-12-3-5-13(16)6-4-12/h3-10,17H,11H2,1-2H3/b10-9+. The topological polar surface area (TPSA) is 83.6 Å². The Morgan fingerprint density at radius 2 is 1.72 bits per heavy atom. The van der Waals surface area contributed by atoms with Crippen LogP contribution in [0.4, 0.5) is 0 Å². The number of rotatable bonds is 7. The molecular formula is C15H17ClN2O4S3. The van der Waals surface area contributed by atoms with Gasteiger partial charge in [-0.3, -0.25) is 0 Å². The number of benzene rings is 1. The number of hydrogen-bond acceptors (Lipinski definition) is 5. The van der Waals surface area contributed by atoms with E-state index in [1.54, 1.807) is 30.3 Å². The molecule has 2 rings (SSSR count). The Labute approximate surface area is 156 Å². The normalized spacial score (nSPS) is 13.0. The van der Waals surface area contributed by atoms with Crippen molar-refractivity contribution in [2.75, 3.05) is 14.1 Å². The van der Waals surface area contributed by atoms with E-state index < -0.39 is 20.0 Å². The van der Waals surface area contributed by atoms with Gasteiger partial charge in [0.2, 0.25) is 10.0 Å². The van der Waals surface area contributed by atoms with Gasteiger partial charge in [0.15, 0.2) is 0 Å². The number of sulfonamides is 2. The summed E-state index contributed by atoms with van der Waals surface area (Å²) in [4.78, 5) is 0.601. The molecule has 1 aromatic heterocycles. The van der Waals surface area contributed by atoms with Crippen LogP contribution in [0, 0.1) is 0 Å². The average molecular weight is 421 g/mol. The summed E-state index contributed by atoms with van der Waals surface area (Å²) < 4.78 is 51.7. The van der Waals surface area contributed by atoms with Gasteiger partial charge in [-0.25, -0.2) is 25.9 Å². The molecule has 25 heavy (non-hydrogen) atoms. The van der Waals surface area contributed by atoms with Crippen LogP contribution in [0.1, 0.15) is 10.4 Å². The van der Waals surface area contributed by atoms with Crippen LogP contribution < -0.4 is 4.72 Å². The van der Waals surface area contributed by atoms with E-state index in [9.17, 15) is 16.8 Å². The zero-order valence-electron chi connectivity index (χ0n) is 13.5. The Hall–Kier alpha value is -1.23. The van der Waals surface area contributed by atoms with Crippen molar-refractivity contribution in [3.63, 3.8) is 0 Å². The molecule has 2 aromatic rings. The van der Waals surface area contributed by atoms with Gasteiger partial charge in [0.25, 0.3) is 10.0 Å². The first kappa shape index (κ1) is 20.1. The Balaban J connectivity index is 2.03. The zero-order valence-corrected chi connectivity index (χ0v) is 16.7. The van der Waals surface area contributed by atoms with Crippen molar-refractivity contribution in [1.82, 2.24) is 9.03 Å². The van der Waals surface area contributed by atoms with Crippen molar-refractivity contribution in [3.8, 4) is 0 Å². The fraction of sp³-hybridized carbons (Fsp3) is 0.200. The summed E-state index contributed by atoms with van der Waals surface area (Å²) in [6, 6.07) is 9.79. The van der Waals surface area contributed by atoms with Crippen LogP contribution >= 0.6 is 22.9 Å². The molecule has 1 N–H and O–H groups in total. The maximum atomic E-state index is 12.0. The van der Waals surface area contributed by atoms with E-state index in [4.69, 9.17) is 11.6 Å². The van der Waals surface area contributed by atoms with E-state index in [2.05, 4.69) is 4.72 Å². The molecule has 6 nitrogen and oxygen atoms in total. The molecule has 0 aliphatic rings. The summed E-state index contributed by atoms with van der Waals surface area (Å²) >= 11 is 6.80. The van der Waals surface area contributed by atoms with E-state index >= 15 is 0 Å². The minimum Gasteiger partial charge on any atom is -0.208 e. The minimum atomic E-state index is -3.65. The molecule has 10 heteroatoms. The van der Waals surface area contributed by atoms with Crippen LogP contribution in [-0.4, -0.2) is 35.2 Å². The van der Waals surface area contributed by atoms with Gasteiger partial charge in [0.1, 0.15) is 4.21 Å². The third-order valence-electron chi connectivity index (χ3n) is 3.13. The number of thiophene rings is 1. The van der Waals surface area contributed by atoms with Crippen molar-refractivity contribution < 1.29 is 16.8 Å². The van der Waals surface area contributed by atoms with Crippen molar-refractivity contribution in [1.29, 1.82) is 0 Å². The lowest BCUT2D eigenvalue weighted by Gasteiger charge is -2.08. The average Bonchev–Trinajstić information content (AvgIpc) is 3.02. The van der Waals surface area contributed by atoms with E-state index in [0.717, 1.165) is 21.1 Å². The van der Waals surface area contributed by atoms with Crippen LogP contribution in [0.15, 0.2) is 46.0 Å². The largest absolute Gasteiger partial charge is 0.252 e. The van der Waals surface area contributed by atoms with Crippen LogP contribution in [0.3, 0.4) is 0 Å². The second-order valence-electron chi connectivity index (χ2n) is 5.23. The number of nitrogens with zero attached hydrogens (tertiary/aromatic N) is 1. The zero-order chi connectivity index (χ0) is 18.7. The fourth-order valence-electron chi connectivity index (χ4n) is 1.73. The Kier molecular flexibility index (Phi) is 6.41. The summed E-state index contributed by atoms with van der Waals surface area (Å²) in [6.45, 7) is 0.0148. The summed E-state index contributed by atoms with van der Waals surface area (Å²) in [5, 5.41) is 1.63. The monoisotopic (exact) mass is 420 g/mol. The third-order valence-corrected chi connectivity index (χ3v) is 7.79. The van der Waals surface area contributed by atoms with Crippen LogP contribution in [0.2, 0.25) is 5.02 Å². The third kappa shape index (κ3) is 5.63. The minimum absolute atomic E-state index is 0.0148. The number of nitrogens with one attached hydrogen (secondary N) is 1. The van der Waals surface area contributed by atoms with Crippen molar-refractivity contribution >= 4 is 49.1 Å². The van der Waals surface area contributed by atoms with Gasteiger partial charge in [-0.2, -0.15) is 0 Å². The highest BCUT2D eigenvalue weighted by atomic mass is 35.5. The first-order chi connectivity index (χ1) is 11.6. The molecule has 0 aliphatic heterocycles. The molecular weight excluding hydrogens is 404 g/mol. The van der Waals surface area contributed by atoms with Gasteiger partial charge in [-0.15, -0.1) is 11.3 Å². The second-order valence-corrected chi connectivity index (χ2v) is 10.9. The molecule has 0 saturated carbocycles. The SMILES string of the molecule is CN(C)S(=O)(=O)c1ccc(CNS(=O)(=O)/C=C/c2ccc(Cl)cc2)s1. The molecule has 0 radical (unpaired) electrons. The predicted octanol–water partition coefficient (Wildman–Crippen LogP) is 2.74. The molecule has 0 saturated heterocycles. The lowest BCUT2D eigenvalue weighted by molar-refractivity contribution is 0.523. The second kappa shape index (κ2) is 7.98. The molecule has 0 unspecified atom stereocenters. The summed E-state index contributed by atoms with van der Waals surface area (Å²) in [7, 11) is -4.27. The van der Waals surface area contributed by atoms with Crippen molar-refractivity contribution in [2.45, 2.75) is 10.8 Å². The van der Waals surface area contributed by atoms with Gasteiger partial charge in [-0.1, -0.05) is 23.7 Å². The van der Waals surface area contributed by atoms with Crippen LogP contribution in [0.25, 0.3) is 6.08 Å². The van der Waals surface area contributed by atoms with Crippen LogP contribution in [0.5, 0.6) is 0 Å². The highest BCUT2D eigenvalue weighted by Crippen LogP contribution is 2.23. The van der Waals surface area contributed by atoms with Gasteiger partial charge >= 0.3 is 0 Å². The van der Waals surface area contributed by atoms with E-state index in [1.807, 2.05) is 0 Å². The molecule has 0 bridgehead atoms. The highest BCUT2D eigenvalue weighted by molar-refractivity contribution is 7.92. The molecule has 0 spiro atoms. The fourth-order valence-corrected chi connectivity index (χ4v) is 5.20. The smallest absolute Gasteiger partial charge is 0.208 e. The molecule has 0 fully saturated rings. The Bertz CT molecular complexity index is 962. The summed E-state index contributed by atoms with van der Waals surface area (Å²) in [6.07, 6.45) is 1.45. The van der Waals surface area contributed by atoms with E-state index in [0.29, 0.717) is 15.5 Å². The molecule has 136 valence electrons. The maximum Gasteiger partial charge on any atom is 0.252 e. The molecule has 0 atom stereocenters. The maximum absolute atomic E-state index is 12.0. The van der Waals surface area contributed by atoms with E-state index in [1.165, 1.54) is 26.2 Å². The van der Waals surface area contributed by atoms with Crippen molar-refractivity contribution in [2.24, 2.45) is 0 Å². The van der Waals surface area contributed by atoms with Gasteiger partial charge in [0, 0.05) is 35.9 Å².